The van der Waals surface area contributed by atoms with E-state index in [1.165, 1.54) is 59.7 Å². The molecule has 2 fully saturated rings. The summed E-state index contributed by atoms with van der Waals surface area (Å²) in [6.45, 7) is 3.16. The van der Waals surface area contributed by atoms with Crippen LogP contribution < -0.4 is 19.6 Å². The van der Waals surface area contributed by atoms with Gasteiger partial charge in [0.05, 0.1) is 63.9 Å². The number of sulfone groups is 2. The maximum Gasteiger partial charge on any atom is 0.416 e. The summed E-state index contributed by atoms with van der Waals surface area (Å²) in [6.07, 6.45) is -7.66. The van der Waals surface area contributed by atoms with Crippen molar-refractivity contribution >= 4 is 19.7 Å². The number of aromatic nitrogens is 2. The van der Waals surface area contributed by atoms with Gasteiger partial charge in [-0.15, -0.1) is 0 Å². The van der Waals surface area contributed by atoms with E-state index in [0.717, 1.165) is 30.3 Å². The fourth-order valence-electron chi connectivity index (χ4n) is 6.87. The maximum atomic E-state index is 13.3. The summed E-state index contributed by atoms with van der Waals surface area (Å²) in [7, 11) is -3.91. The van der Waals surface area contributed by atoms with Crippen LogP contribution in [0.15, 0.2) is 87.6 Å². The fraction of sp³-hybridized carbons (Fsp3) is 0.436. The Morgan fingerprint density at radius 1 is 0.712 bits per heavy atom. The summed E-state index contributed by atoms with van der Waals surface area (Å²) in [4.78, 5) is 18.5. The van der Waals surface area contributed by atoms with Crippen LogP contribution in [0.1, 0.15) is 74.0 Å². The van der Waals surface area contributed by atoms with Gasteiger partial charge >= 0.3 is 12.4 Å². The molecule has 0 aliphatic carbocycles. The third-order valence-corrected chi connectivity index (χ3v) is 15.6. The number of aromatic amines is 1. The maximum absolute atomic E-state index is 13.3. The summed E-state index contributed by atoms with van der Waals surface area (Å²) in [5.74, 6) is 0.993. The SMILES string of the molecule is COc1cc(=O)c(C2CC(C)(S(=O)(=O)c3cccc(C(F)(F)F)c3)CCO2)c[nH]1.COc1cc(OC)c(C2CC(C)(S(=O)(=O)c3cccc(C(F)(F)F)c3)CCO2)cn1. The first-order valence-electron chi connectivity index (χ1n) is 17.9. The van der Waals surface area contributed by atoms with Crippen LogP contribution in [0.5, 0.6) is 17.5 Å². The molecule has 4 unspecified atom stereocenters. The molecular weight excluding hydrogens is 835 g/mol. The van der Waals surface area contributed by atoms with E-state index in [1.807, 2.05) is 0 Å². The number of alkyl halides is 6. The number of rotatable bonds is 9. The molecular formula is C39H42F6N2O10S2. The van der Waals surface area contributed by atoms with Crippen molar-refractivity contribution in [3.05, 3.63) is 106 Å². The van der Waals surface area contributed by atoms with E-state index in [0.29, 0.717) is 29.3 Å². The Bertz CT molecular complexity index is 2430. The molecule has 0 bridgehead atoms. The fourth-order valence-corrected chi connectivity index (χ4v) is 10.5. The first kappa shape index (κ1) is 45.4. The Balaban J connectivity index is 0.000000224. The zero-order valence-electron chi connectivity index (χ0n) is 32.4. The molecule has 2 aromatic heterocycles. The number of hydrogen-bond donors (Lipinski definition) is 1. The molecule has 12 nitrogen and oxygen atoms in total. The molecule has 20 heteroatoms. The van der Waals surface area contributed by atoms with E-state index in [9.17, 15) is 48.0 Å². The molecule has 4 aromatic rings. The number of halogens is 6. The second-order valence-electron chi connectivity index (χ2n) is 14.4. The van der Waals surface area contributed by atoms with Crippen molar-refractivity contribution in [1.82, 2.24) is 9.97 Å². The Kier molecular flexibility index (Phi) is 13.2. The van der Waals surface area contributed by atoms with E-state index >= 15 is 0 Å². The highest BCUT2D eigenvalue weighted by molar-refractivity contribution is 7.93. The van der Waals surface area contributed by atoms with Gasteiger partial charge in [-0.1, -0.05) is 12.1 Å². The molecule has 4 heterocycles. The van der Waals surface area contributed by atoms with Gasteiger partial charge in [-0.05, 0) is 75.9 Å². The summed E-state index contributed by atoms with van der Waals surface area (Å²) in [5.41, 5.74) is -1.64. The standard InChI is InChI=1S/C20H22F3NO5S.C19H20F3NO5S/c1-19(30(25,26)14-6-4-5-13(9-14)20(21,22)23)7-8-29-17(11-19)15-12-24-18(28-3)10-16(15)27-2;1-18(29(25,26)13-5-3-4-12(8-13)19(20,21)22)6-7-28-16(10-18)14-11-23-17(27-2)9-15(14)24/h4-6,9-10,12,17H,7-8,11H2,1-3H3;3-5,8-9,11,16H,6-7,10H2,1-2H3,(H,23,24). The minimum atomic E-state index is -4.65. The number of methoxy groups -OCH3 is 3. The van der Waals surface area contributed by atoms with Crippen molar-refractivity contribution in [2.75, 3.05) is 34.5 Å². The van der Waals surface area contributed by atoms with Crippen LogP contribution >= 0.6 is 0 Å². The number of nitrogens with zero attached hydrogens (tertiary/aromatic N) is 1. The lowest BCUT2D eigenvalue weighted by Gasteiger charge is -2.38. The topological polar surface area (TPSA) is 160 Å². The number of pyridine rings is 2. The number of benzene rings is 2. The molecule has 6 rings (SSSR count). The van der Waals surface area contributed by atoms with Crippen LogP contribution in [0.4, 0.5) is 26.3 Å². The number of H-pyrrole nitrogens is 1. The van der Waals surface area contributed by atoms with E-state index < -0.39 is 69.8 Å². The molecule has 322 valence electrons. The van der Waals surface area contributed by atoms with Gasteiger partial charge in [0.1, 0.15) is 5.75 Å². The van der Waals surface area contributed by atoms with Crippen LogP contribution in [0.25, 0.3) is 0 Å². The van der Waals surface area contributed by atoms with Gasteiger partial charge < -0.3 is 28.7 Å². The molecule has 2 saturated heterocycles. The van der Waals surface area contributed by atoms with Gasteiger partial charge in [-0.25, -0.2) is 21.8 Å². The first-order valence-corrected chi connectivity index (χ1v) is 20.9. The van der Waals surface area contributed by atoms with E-state index in [1.54, 1.807) is 6.07 Å². The lowest BCUT2D eigenvalue weighted by atomic mass is 9.93. The molecule has 2 aliphatic heterocycles. The van der Waals surface area contributed by atoms with Crippen molar-refractivity contribution in [2.45, 2.75) is 83.4 Å². The number of hydrogen-bond acceptors (Lipinski definition) is 11. The van der Waals surface area contributed by atoms with Crippen LogP contribution in [0, 0.1) is 0 Å². The van der Waals surface area contributed by atoms with Crippen LogP contribution in [-0.4, -0.2) is 70.8 Å². The second-order valence-corrected chi connectivity index (χ2v) is 19.3. The van der Waals surface area contributed by atoms with Crippen molar-refractivity contribution in [1.29, 1.82) is 0 Å². The van der Waals surface area contributed by atoms with Gasteiger partial charge in [-0.3, -0.25) is 4.79 Å². The molecule has 0 saturated carbocycles. The summed E-state index contributed by atoms with van der Waals surface area (Å²) < 4.78 is 155. The minimum absolute atomic E-state index is 0.0376. The van der Waals surface area contributed by atoms with Crippen LogP contribution in [-0.2, 0) is 41.5 Å². The van der Waals surface area contributed by atoms with Crippen LogP contribution in [0.2, 0.25) is 0 Å². The third-order valence-electron chi connectivity index (χ3n) is 10.5. The first-order chi connectivity index (χ1) is 27.5. The molecule has 0 amide bonds. The Labute approximate surface area is 336 Å². The lowest BCUT2D eigenvalue weighted by molar-refractivity contribution is -0.138. The second kappa shape index (κ2) is 17.1. The number of nitrogens with one attached hydrogen (secondary N) is 1. The summed E-state index contributed by atoms with van der Waals surface area (Å²) in [6, 6.07) is 10.3. The highest BCUT2D eigenvalue weighted by Gasteiger charge is 2.48. The van der Waals surface area contributed by atoms with Crippen molar-refractivity contribution in [3.63, 3.8) is 0 Å². The predicted octanol–water partition coefficient (Wildman–Crippen LogP) is 7.69. The van der Waals surface area contributed by atoms with Gasteiger partial charge in [0.2, 0.25) is 5.88 Å². The lowest BCUT2D eigenvalue weighted by Crippen LogP contribution is -2.43. The zero-order chi connectivity index (χ0) is 43.6. The van der Waals surface area contributed by atoms with Crippen molar-refractivity contribution in [3.8, 4) is 17.5 Å². The number of ether oxygens (including phenoxy) is 5. The Hall–Kier alpha value is -4.66. The molecule has 0 radical (unpaired) electrons. The van der Waals surface area contributed by atoms with Gasteiger partial charge in [-0.2, -0.15) is 26.3 Å². The van der Waals surface area contributed by atoms with Crippen LogP contribution in [0.3, 0.4) is 0 Å². The monoisotopic (exact) mass is 876 g/mol. The van der Waals surface area contributed by atoms with Crippen molar-refractivity contribution < 1.29 is 66.9 Å². The summed E-state index contributed by atoms with van der Waals surface area (Å²) in [5, 5.41) is 0. The highest BCUT2D eigenvalue weighted by Crippen LogP contribution is 2.45. The smallest absolute Gasteiger partial charge is 0.416 e. The molecule has 0 spiro atoms. The van der Waals surface area contributed by atoms with E-state index in [-0.39, 0.29) is 60.7 Å². The van der Waals surface area contributed by atoms with Crippen molar-refractivity contribution in [2.24, 2.45) is 0 Å². The molecule has 2 aliphatic rings. The predicted molar refractivity (Wildman–Crippen MR) is 201 cm³/mol. The average Bonchev–Trinajstić information content (AvgIpc) is 3.20. The highest BCUT2D eigenvalue weighted by atomic mass is 32.2. The van der Waals surface area contributed by atoms with Gasteiger partial charge in [0.15, 0.2) is 31.0 Å². The minimum Gasteiger partial charge on any atom is -0.496 e. The molecule has 59 heavy (non-hydrogen) atoms. The Morgan fingerprint density at radius 3 is 1.63 bits per heavy atom. The summed E-state index contributed by atoms with van der Waals surface area (Å²) >= 11 is 0. The Morgan fingerprint density at radius 2 is 1.20 bits per heavy atom. The van der Waals surface area contributed by atoms with Gasteiger partial charge in [0, 0.05) is 48.9 Å². The third kappa shape index (κ3) is 9.55. The van der Waals surface area contributed by atoms with E-state index in [2.05, 4.69) is 9.97 Å². The average molecular weight is 877 g/mol. The normalized spacial score (nSPS) is 22.8. The quantitative estimate of drug-likeness (QED) is 0.164. The largest absolute Gasteiger partial charge is 0.496 e. The molecule has 1 N–H and O–H groups in total. The van der Waals surface area contributed by atoms with Gasteiger partial charge in [0.25, 0.3) is 0 Å². The molecule has 2 aromatic carbocycles. The zero-order valence-corrected chi connectivity index (χ0v) is 34.1. The molecule has 4 atom stereocenters. The van der Waals surface area contributed by atoms with E-state index in [4.69, 9.17) is 23.7 Å².